The first-order valence-electron chi connectivity index (χ1n) is 7.37. The van der Waals surface area contributed by atoms with Gasteiger partial charge in [0.15, 0.2) is 11.9 Å². The van der Waals surface area contributed by atoms with E-state index in [1.807, 2.05) is 17.5 Å². The van der Waals surface area contributed by atoms with Crippen LogP contribution < -0.4 is 9.47 Å². The molecule has 3 rings (SSSR count). The van der Waals surface area contributed by atoms with Gasteiger partial charge in [-0.05, 0) is 37.4 Å². The van der Waals surface area contributed by atoms with E-state index in [2.05, 4.69) is 4.74 Å². The summed E-state index contributed by atoms with van der Waals surface area (Å²) < 4.78 is 16.0. The maximum Gasteiger partial charge on any atom is 0.346 e. The van der Waals surface area contributed by atoms with E-state index in [4.69, 9.17) is 9.47 Å². The summed E-state index contributed by atoms with van der Waals surface area (Å²) in [6.07, 6.45) is 0.981. The zero-order valence-corrected chi connectivity index (χ0v) is 14.3. The van der Waals surface area contributed by atoms with Crippen LogP contribution in [0.15, 0.2) is 35.4 Å². The molecule has 5 nitrogen and oxygen atoms in total. The molecule has 0 bridgehead atoms. The van der Waals surface area contributed by atoms with Crippen LogP contribution in [0, 0.1) is 6.92 Å². The first-order valence-corrected chi connectivity index (χ1v) is 8.25. The summed E-state index contributed by atoms with van der Waals surface area (Å²) in [5.41, 5.74) is 1.17. The highest BCUT2D eigenvalue weighted by Gasteiger charge is 2.30. The molecule has 1 aromatic carbocycles. The molecule has 2 aromatic rings. The maximum atomic E-state index is 12.5. The molecule has 0 amide bonds. The third-order valence-electron chi connectivity index (χ3n) is 3.69. The van der Waals surface area contributed by atoms with Crippen molar-refractivity contribution in [1.82, 2.24) is 0 Å². The van der Waals surface area contributed by atoms with E-state index in [-0.39, 0.29) is 11.5 Å². The number of ketones is 1. The highest BCUT2D eigenvalue weighted by atomic mass is 32.1. The topological polar surface area (TPSA) is 61.8 Å². The summed E-state index contributed by atoms with van der Waals surface area (Å²) in [6, 6.07) is 7.15. The smallest absolute Gasteiger partial charge is 0.346 e. The number of allylic oxidation sites excluding steroid dienone is 1. The summed E-state index contributed by atoms with van der Waals surface area (Å²) in [4.78, 5) is 24.9. The predicted octanol–water partition coefficient (Wildman–Crippen LogP) is 3.61. The van der Waals surface area contributed by atoms with E-state index in [9.17, 15) is 9.59 Å². The van der Waals surface area contributed by atoms with Gasteiger partial charge in [0.05, 0.1) is 12.7 Å². The first-order chi connectivity index (χ1) is 11.5. The summed E-state index contributed by atoms with van der Waals surface area (Å²) in [5.74, 6) is 0.613. The van der Waals surface area contributed by atoms with Crippen molar-refractivity contribution in [3.8, 4) is 11.5 Å². The minimum Gasteiger partial charge on any atom is -0.479 e. The number of carbonyl (C=O) groups excluding carboxylic acids is 2. The second kappa shape index (κ2) is 6.49. The summed E-state index contributed by atoms with van der Waals surface area (Å²) in [5, 5.41) is 1.93. The van der Waals surface area contributed by atoms with Crippen molar-refractivity contribution in [3.05, 3.63) is 51.4 Å². The summed E-state index contributed by atoms with van der Waals surface area (Å²) >= 11 is 1.53. The first kappa shape index (κ1) is 16.3. The molecular formula is C18H16O5S. The number of Topliss-reactive ketones (excluding diaryl/α,β-unsaturated/α-hetero) is 1. The van der Waals surface area contributed by atoms with Gasteiger partial charge in [0.1, 0.15) is 11.5 Å². The Labute approximate surface area is 143 Å². The fourth-order valence-electron chi connectivity index (χ4n) is 2.40. The van der Waals surface area contributed by atoms with Crippen molar-refractivity contribution in [3.63, 3.8) is 0 Å². The predicted molar refractivity (Wildman–Crippen MR) is 90.5 cm³/mol. The SMILES string of the molecule is COC(=O)C(C)Oc1ccc2c(c1C)O/C(=C\c1cccs1)C2=O. The molecular weight excluding hydrogens is 328 g/mol. The van der Waals surface area contributed by atoms with Gasteiger partial charge in [-0.15, -0.1) is 11.3 Å². The Morgan fingerprint density at radius 1 is 1.33 bits per heavy atom. The summed E-state index contributed by atoms with van der Waals surface area (Å²) in [6.45, 7) is 3.40. The molecule has 0 aliphatic carbocycles. The minimum absolute atomic E-state index is 0.158. The fraction of sp³-hybridized carbons (Fsp3) is 0.222. The number of methoxy groups -OCH3 is 1. The Bertz CT molecular complexity index is 820. The quantitative estimate of drug-likeness (QED) is 0.626. The average Bonchev–Trinajstić information content (AvgIpc) is 3.19. The number of hydrogen-bond acceptors (Lipinski definition) is 6. The molecule has 0 fully saturated rings. The Morgan fingerprint density at radius 2 is 2.12 bits per heavy atom. The van der Waals surface area contributed by atoms with Crippen LogP contribution in [0.3, 0.4) is 0 Å². The molecule has 1 aliphatic rings. The molecule has 0 saturated carbocycles. The van der Waals surface area contributed by atoms with E-state index in [1.165, 1.54) is 18.4 Å². The lowest BCUT2D eigenvalue weighted by Crippen LogP contribution is -2.25. The van der Waals surface area contributed by atoms with Crippen LogP contribution in [0.1, 0.15) is 27.7 Å². The van der Waals surface area contributed by atoms with Gasteiger partial charge in [0, 0.05) is 16.5 Å². The second-order valence-corrected chi connectivity index (χ2v) is 6.28. The maximum absolute atomic E-state index is 12.5. The van der Waals surface area contributed by atoms with Crippen molar-refractivity contribution in [2.75, 3.05) is 7.11 Å². The van der Waals surface area contributed by atoms with Crippen LogP contribution in [0.2, 0.25) is 0 Å². The minimum atomic E-state index is -0.745. The number of fused-ring (bicyclic) bond motifs is 1. The van der Waals surface area contributed by atoms with Gasteiger partial charge in [-0.2, -0.15) is 0 Å². The average molecular weight is 344 g/mol. The number of hydrogen-bond donors (Lipinski definition) is 0. The Kier molecular flexibility index (Phi) is 4.40. The monoisotopic (exact) mass is 344 g/mol. The lowest BCUT2D eigenvalue weighted by molar-refractivity contribution is -0.147. The normalized spacial score (nSPS) is 15.8. The molecule has 1 aliphatic heterocycles. The highest BCUT2D eigenvalue weighted by Crippen LogP contribution is 2.39. The number of ether oxygens (including phenoxy) is 3. The van der Waals surface area contributed by atoms with Gasteiger partial charge in [-0.3, -0.25) is 4.79 Å². The van der Waals surface area contributed by atoms with E-state index in [0.717, 1.165) is 4.88 Å². The molecule has 124 valence electrons. The largest absolute Gasteiger partial charge is 0.479 e. The molecule has 1 atom stereocenters. The second-order valence-electron chi connectivity index (χ2n) is 5.30. The molecule has 0 N–H and O–H groups in total. The standard InChI is InChI=1S/C18H16O5S/c1-10-14(22-11(2)18(20)21-3)7-6-13-16(19)15(23-17(10)13)9-12-5-4-8-24-12/h4-9,11H,1-3H3/b15-9-. The van der Waals surface area contributed by atoms with Crippen LogP contribution in [0.25, 0.3) is 6.08 Å². The van der Waals surface area contributed by atoms with Gasteiger partial charge in [-0.1, -0.05) is 6.07 Å². The number of esters is 1. The van der Waals surface area contributed by atoms with Crippen molar-refractivity contribution in [2.45, 2.75) is 20.0 Å². The lowest BCUT2D eigenvalue weighted by Gasteiger charge is -2.15. The molecule has 2 heterocycles. The number of thiophene rings is 1. The lowest BCUT2D eigenvalue weighted by atomic mass is 10.1. The van der Waals surface area contributed by atoms with Crippen LogP contribution >= 0.6 is 11.3 Å². The van der Waals surface area contributed by atoms with E-state index >= 15 is 0 Å². The van der Waals surface area contributed by atoms with E-state index < -0.39 is 12.1 Å². The van der Waals surface area contributed by atoms with Gasteiger partial charge < -0.3 is 14.2 Å². The Balaban J connectivity index is 1.89. The van der Waals surface area contributed by atoms with Crippen molar-refractivity contribution in [1.29, 1.82) is 0 Å². The summed E-state index contributed by atoms with van der Waals surface area (Å²) in [7, 11) is 1.31. The van der Waals surface area contributed by atoms with Gasteiger partial charge in [-0.25, -0.2) is 4.79 Å². The zero-order chi connectivity index (χ0) is 17.3. The third-order valence-corrected chi connectivity index (χ3v) is 4.51. The van der Waals surface area contributed by atoms with Crippen LogP contribution in [0.4, 0.5) is 0 Å². The Morgan fingerprint density at radius 3 is 2.79 bits per heavy atom. The van der Waals surface area contributed by atoms with Crippen molar-refractivity contribution >= 4 is 29.2 Å². The molecule has 1 unspecified atom stereocenters. The molecule has 0 saturated heterocycles. The third kappa shape index (κ3) is 2.92. The van der Waals surface area contributed by atoms with Gasteiger partial charge in [0.25, 0.3) is 0 Å². The number of rotatable bonds is 4. The molecule has 24 heavy (non-hydrogen) atoms. The Hall–Kier alpha value is -2.60. The number of carbonyl (C=O) groups is 2. The van der Waals surface area contributed by atoms with Gasteiger partial charge >= 0.3 is 5.97 Å². The van der Waals surface area contributed by atoms with E-state index in [1.54, 1.807) is 32.1 Å². The molecule has 0 radical (unpaired) electrons. The fourth-order valence-corrected chi connectivity index (χ4v) is 3.05. The van der Waals surface area contributed by atoms with Crippen LogP contribution in [0.5, 0.6) is 11.5 Å². The van der Waals surface area contributed by atoms with Crippen molar-refractivity contribution in [2.24, 2.45) is 0 Å². The number of benzene rings is 1. The molecule has 0 spiro atoms. The van der Waals surface area contributed by atoms with E-state index in [0.29, 0.717) is 22.6 Å². The van der Waals surface area contributed by atoms with Gasteiger partial charge in [0.2, 0.25) is 5.78 Å². The highest BCUT2D eigenvalue weighted by molar-refractivity contribution is 7.10. The molecule has 6 heteroatoms. The molecule has 1 aromatic heterocycles. The van der Waals surface area contributed by atoms with Crippen LogP contribution in [-0.4, -0.2) is 25.0 Å². The van der Waals surface area contributed by atoms with Crippen molar-refractivity contribution < 1.29 is 23.8 Å². The zero-order valence-electron chi connectivity index (χ0n) is 13.5. The van der Waals surface area contributed by atoms with Crippen LogP contribution in [-0.2, 0) is 9.53 Å².